The van der Waals surface area contributed by atoms with E-state index in [1.165, 1.54) is 18.2 Å². The summed E-state index contributed by atoms with van der Waals surface area (Å²) >= 11 is 0. The van der Waals surface area contributed by atoms with Crippen LogP contribution in [0.25, 0.3) is 11.0 Å². The molecule has 0 unspecified atom stereocenters. The summed E-state index contributed by atoms with van der Waals surface area (Å²) < 4.78 is 50.3. The topological polar surface area (TPSA) is 189 Å². The lowest BCUT2D eigenvalue weighted by Crippen LogP contribution is -2.63. The Morgan fingerprint density at radius 1 is 0.745 bits per heavy atom. The molecule has 2 aromatic rings. The molecule has 15 nitrogen and oxygen atoms in total. The largest absolute Gasteiger partial charge is 0.485 e. The van der Waals surface area contributed by atoms with Crippen molar-refractivity contribution in [3.8, 4) is 17.2 Å². The predicted molar refractivity (Wildman–Crippen MR) is 158 cm³/mol. The summed E-state index contributed by atoms with van der Waals surface area (Å²) in [4.78, 5) is 72.7. The van der Waals surface area contributed by atoms with Gasteiger partial charge in [-0.2, -0.15) is 0 Å². The molecule has 0 bridgehead atoms. The molecule has 1 aliphatic carbocycles. The van der Waals surface area contributed by atoms with Gasteiger partial charge in [0, 0.05) is 40.7 Å². The Labute approximate surface area is 269 Å². The molecule has 1 saturated heterocycles. The molecule has 0 amide bonds. The maximum Gasteiger partial charge on any atom is 0.383 e. The Bertz CT molecular complexity index is 1550. The van der Waals surface area contributed by atoms with Gasteiger partial charge in [-0.1, -0.05) is 6.92 Å². The Hall–Kier alpha value is -4.66. The minimum atomic E-state index is -1.51. The average Bonchev–Trinajstić information content (AvgIpc) is 2.97. The Kier molecular flexibility index (Phi) is 11.4. The minimum Gasteiger partial charge on any atom is -0.485 e. The highest BCUT2D eigenvalue weighted by molar-refractivity contribution is 5.87. The second-order valence-electron chi connectivity index (χ2n) is 11.5. The summed E-state index contributed by atoms with van der Waals surface area (Å²) in [6.45, 7) is 7.34. The molecule has 4 rings (SSSR count). The zero-order chi connectivity index (χ0) is 34.4. The quantitative estimate of drug-likeness (QED) is 0.205. The number of hydrogen-bond donors (Lipinski definition) is 0. The SMILES string of the molecule is CC(=O)OC[C@H]1O[C@@H](Oc2ccc3c(OC4CCC(C)CC4)c(OC(C)=O)c(=O)oc3c2)[C@H](OC(C)=O)[C@@H](OC(C)=O)[C@H]1OC(C)=O. The van der Waals surface area contributed by atoms with Crippen LogP contribution in [0.2, 0.25) is 0 Å². The van der Waals surface area contributed by atoms with Gasteiger partial charge in [0.15, 0.2) is 18.0 Å². The minimum absolute atomic E-state index is 0.00761. The fourth-order valence-corrected chi connectivity index (χ4v) is 5.49. The molecule has 0 spiro atoms. The number of carbonyl (C=O) groups excluding carboxylic acids is 5. The first kappa shape index (κ1) is 35.2. The first-order valence-corrected chi connectivity index (χ1v) is 15.1. The second-order valence-corrected chi connectivity index (χ2v) is 11.5. The molecule has 2 fully saturated rings. The number of carbonyl (C=O) groups is 5. The van der Waals surface area contributed by atoms with Crippen LogP contribution in [0.15, 0.2) is 27.4 Å². The molecule has 1 aromatic carbocycles. The number of ether oxygens (including phenoxy) is 8. The summed E-state index contributed by atoms with van der Waals surface area (Å²) in [6.07, 6.45) is -3.90. The van der Waals surface area contributed by atoms with E-state index in [9.17, 15) is 28.8 Å². The Morgan fingerprint density at radius 3 is 1.96 bits per heavy atom. The fourth-order valence-electron chi connectivity index (χ4n) is 5.49. The smallest absolute Gasteiger partial charge is 0.383 e. The molecule has 2 aliphatic rings. The van der Waals surface area contributed by atoms with Crippen LogP contribution in [0.4, 0.5) is 0 Å². The van der Waals surface area contributed by atoms with Gasteiger partial charge in [0.05, 0.1) is 11.5 Å². The Balaban J connectivity index is 1.73. The average molecular weight is 663 g/mol. The van der Waals surface area contributed by atoms with Gasteiger partial charge < -0.3 is 42.3 Å². The molecular weight excluding hydrogens is 624 g/mol. The third kappa shape index (κ3) is 9.21. The van der Waals surface area contributed by atoms with E-state index in [-0.39, 0.29) is 28.9 Å². The van der Waals surface area contributed by atoms with Crippen LogP contribution in [-0.4, -0.2) is 73.3 Å². The molecule has 5 atom stereocenters. The maximum atomic E-state index is 13.0. The van der Waals surface area contributed by atoms with Crippen LogP contribution in [0.3, 0.4) is 0 Å². The first-order chi connectivity index (χ1) is 22.2. The summed E-state index contributed by atoms with van der Waals surface area (Å²) in [5.41, 5.74) is -0.954. The molecule has 0 radical (unpaired) electrons. The third-order valence-electron chi connectivity index (χ3n) is 7.49. The van der Waals surface area contributed by atoms with Crippen molar-refractivity contribution in [2.75, 3.05) is 6.61 Å². The number of esters is 5. The van der Waals surface area contributed by atoms with Crippen LogP contribution in [-0.2, 0) is 47.7 Å². The van der Waals surface area contributed by atoms with Gasteiger partial charge in [0.2, 0.25) is 12.4 Å². The van der Waals surface area contributed by atoms with Gasteiger partial charge in [-0.15, -0.1) is 0 Å². The van der Waals surface area contributed by atoms with Crippen molar-refractivity contribution in [3.05, 3.63) is 28.6 Å². The number of fused-ring (bicyclic) bond motifs is 1. The number of hydrogen-bond acceptors (Lipinski definition) is 15. The lowest BCUT2D eigenvalue weighted by Gasteiger charge is -2.43. The molecule has 1 saturated carbocycles. The zero-order valence-electron chi connectivity index (χ0n) is 26.9. The van der Waals surface area contributed by atoms with E-state index < -0.39 is 72.8 Å². The Morgan fingerprint density at radius 2 is 1.36 bits per heavy atom. The summed E-state index contributed by atoms with van der Waals surface area (Å²) in [6, 6.07) is 4.34. The zero-order valence-corrected chi connectivity index (χ0v) is 26.9. The van der Waals surface area contributed by atoms with E-state index in [1.807, 2.05) is 0 Å². The molecule has 2 heterocycles. The van der Waals surface area contributed by atoms with Gasteiger partial charge in [-0.05, 0) is 43.7 Å². The molecule has 47 heavy (non-hydrogen) atoms. The van der Waals surface area contributed by atoms with Crippen molar-refractivity contribution in [1.29, 1.82) is 0 Å². The van der Waals surface area contributed by atoms with E-state index in [4.69, 9.17) is 42.3 Å². The van der Waals surface area contributed by atoms with E-state index in [2.05, 4.69) is 6.92 Å². The van der Waals surface area contributed by atoms with Crippen LogP contribution >= 0.6 is 0 Å². The van der Waals surface area contributed by atoms with Gasteiger partial charge in [0.1, 0.15) is 24.0 Å². The van der Waals surface area contributed by atoms with E-state index in [0.717, 1.165) is 60.3 Å². The van der Waals surface area contributed by atoms with Gasteiger partial charge >= 0.3 is 35.5 Å². The third-order valence-corrected chi connectivity index (χ3v) is 7.49. The monoisotopic (exact) mass is 662 g/mol. The van der Waals surface area contributed by atoms with Crippen molar-refractivity contribution in [1.82, 2.24) is 0 Å². The van der Waals surface area contributed by atoms with Crippen LogP contribution in [0, 0.1) is 5.92 Å². The van der Waals surface area contributed by atoms with E-state index in [0.29, 0.717) is 11.3 Å². The fraction of sp³-hybridized carbons (Fsp3) is 0.562. The normalized spacial score (nSPS) is 25.6. The van der Waals surface area contributed by atoms with Gasteiger partial charge in [-0.25, -0.2) is 4.79 Å². The summed E-state index contributed by atoms with van der Waals surface area (Å²) in [7, 11) is 0. The predicted octanol–water partition coefficient (Wildman–Crippen LogP) is 3.14. The van der Waals surface area contributed by atoms with Crippen LogP contribution < -0.4 is 19.8 Å². The molecule has 256 valence electrons. The van der Waals surface area contributed by atoms with E-state index >= 15 is 0 Å². The van der Waals surface area contributed by atoms with Gasteiger partial charge in [0.25, 0.3) is 5.75 Å². The molecule has 15 heteroatoms. The maximum absolute atomic E-state index is 13.0. The molecule has 1 aliphatic heterocycles. The first-order valence-electron chi connectivity index (χ1n) is 15.1. The highest BCUT2D eigenvalue weighted by Crippen LogP contribution is 2.39. The summed E-state index contributed by atoms with van der Waals surface area (Å²) in [5, 5.41) is 0.313. The number of benzene rings is 1. The van der Waals surface area contributed by atoms with Gasteiger partial charge in [-0.3, -0.25) is 24.0 Å². The number of rotatable bonds is 10. The highest BCUT2D eigenvalue weighted by Gasteiger charge is 2.53. The lowest BCUT2D eigenvalue weighted by molar-refractivity contribution is -0.288. The second kappa shape index (κ2) is 15.3. The van der Waals surface area contributed by atoms with E-state index in [1.54, 1.807) is 0 Å². The van der Waals surface area contributed by atoms with Crippen molar-refractivity contribution in [3.63, 3.8) is 0 Å². The summed E-state index contributed by atoms with van der Waals surface area (Å²) in [5.74, 6) is -3.53. The molecular formula is C32H38O15. The molecule has 1 aromatic heterocycles. The standard InChI is InChI=1S/C32H38O15/c1-15-7-9-21(10-8-15)44-26-23-12-11-22(13-24(23)46-31(38)29(26)42-19(5)36)45-32-30(43-20(6)37)28(41-18(4)35)27(40-17(3)34)25(47-32)14-39-16(2)33/h11-13,15,21,25,27-28,30,32H,7-10,14H2,1-6H3/t15?,21?,25-,27+,28+,30-,32-/m1/s1. The van der Waals surface area contributed by atoms with Crippen molar-refractivity contribution >= 4 is 40.8 Å². The molecule has 0 N–H and O–H groups in total. The van der Waals surface area contributed by atoms with Crippen molar-refractivity contribution in [2.24, 2.45) is 5.92 Å². The highest BCUT2D eigenvalue weighted by atomic mass is 16.7. The van der Waals surface area contributed by atoms with Crippen molar-refractivity contribution in [2.45, 2.75) is 104 Å². The van der Waals surface area contributed by atoms with Crippen molar-refractivity contribution < 1.29 is 66.3 Å². The van der Waals surface area contributed by atoms with Crippen LogP contribution in [0.1, 0.15) is 67.2 Å². The lowest BCUT2D eigenvalue weighted by atomic mass is 9.89. The van der Waals surface area contributed by atoms with Crippen LogP contribution in [0.5, 0.6) is 17.2 Å².